The molecule has 1 N–H and O–H groups in total. The minimum Gasteiger partial charge on any atom is -0.493 e. The largest absolute Gasteiger partial charge is 0.493 e. The molecule has 0 amide bonds. The Kier molecular flexibility index (Phi) is 6.18. The van der Waals surface area contributed by atoms with Crippen LogP contribution in [0.2, 0.25) is 4.34 Å². The number of ether oxygens (including phenoxy) is 2. The van der Waals surface area contributed by atoms with Crippen LogP contribution < -0.4 is 14.8 Å². The van der Waals surface area contributed by atoms with E-state index in [1.54, 1.807) is 18.4 Å². The molecule has 1 aromatic carbocycles. The summed E-state index contributed by atoms with van der Waals surface area (Å²) in [6, 6.07) is 11.7. The normalized spacial score (nSPS) is 10.5. The molecule has 0 aliphatic carbocycles. The van der Waals surface area contributed by atoms with Gasteiger partial charge >= 0.3 is 0 Å². The molecular formula is C15H18ClNO2S. The molecule has 2 aromatic rings. The van der Waals surface area contributed by atoms with Gasteiger partial charge in [-0.25, -0.2) is 0 Å². The maximum Gasteiger partial charge on any atom is 0.161 e. The zero-order valence-electron chi connectivity index (χ0n) is 11.4. The molecule has 1 aromatic heterocycles. The van der Waals surface area contributed by atoms with Gasteiger partial charge in [-0.05, 0) is 30.7 Å². The molecule has 0 unspecified atom stereocenters. The van der Waals surface area contributed by atoms with Crippen molar-refractivity contribution in [3.05, 3.63) is 45.6 Å². The van der Waals surface area contributed by atoms with E-state index in [-0.39, 0.29) is 0 Å². The van der Waals surface area contributed by atoms with Gasteiger partial charge < -0.3 is 14.8 Å². The Balaban J connectivity index is 1.62. The molecule has 0 bridgehead atoms. The minimum atomic E-state index is 0.617. The highest BCUT2D eigenvalue weighted by molar-refractivity contribution is 7.16. The van der Waals surface area contributed by atoms with Crippen molar-refractivity contribution in [1.82, 2.24) is 5.32 Å². The first kappa shape index (κ1) is 15.2. The van der Waals surface area contributed by atoms with Crippen molar-refractivity contribution in [3.8, 4) is 11.5 Å². The molecule has 108 valence electrons. The summed E-state index contributed by atoms with van der Waals surface area (Å²) >= 11 is 7.52. The third-order valence-corrected chi connectivity index (χ3v) is 4.07. The summed E-state index contributed by atoms with van der Waals surface area (Å²) in [6.45, 7) is 2.34. The van der Waals surface area contributed by atoms with Crippen LogP contribution in [0, 0.1) is 0 Å². The molecule has 20 heavy (non-hydrogen) atoms. The number of halogens is 1. The Morgan fingerprint density at radius 1 is 1.10 bits per heavy atom. The Morgan fingerprint density at radius 2 is 1.90 bits per heavy atom. The summed E-state index contributed by atoms with van der Waals surface area (Å²) in [6.07, 6.45) is 0.992. The van der Waals surface area contributed by atoms with E-state index in [9.17, 15) is 0 Å². The van der Waals surface area contributed by atoms with Crippen molar-refractivity contribution in [1.29, 1.82) is 0 Å². The number of methoxy groups -OCH3 is 1. The quantitative estimate of drug-likeness (QED) is 0.755. The molecule has 3 nitrogen and oxygen atoms in total. The van der Waals surface area contributed by atoms with Crippen molar-refractivity contribution < 1.29 is 9.47 Å². The maximum absolute atomic E-state index is 5.89. The lowest BCUT2D eigenvalue weighted by Crippen LogP contribution is -2.23. The van der Waals surface area contributed by atoms with Crippen LogP contribution in [-0.4, -0.2) is 26.8 Å². The lowest BCUT2D eigenvalue weighted by molar-refractivity contribution is 0.292. The van der Waals surface area contributed by atoms with Crippen LogP contribution in [0.25, 0.3) is 0 Å². The predicted octanol–water partition coefficient (Wildman–Crippen LogP) is 3.62. The summed E-state index contributed by atoms with van der Waals surface area (Å²) in [5.41, 5.74) is 0. The van der Waals surface area contributed by atoms with Crippen LogP contribution in [0.3, 0.4) is 0 Å². The topological polar surface area (TPSA) is 30.5 Å². The summed E-state index contributed by atoms with van der Waals surface area (Å²) in [4.78, 5) is 1.30. The molecule has 0 aliphatic heterocycles. The second kappa shape index (κ2) is 8.15. The van der Waals surface area contributed by atoms with Gasteiger partial charge in [-0.1, -0.05) is 23.7 Å². The number of hydrogen-bond acceptors (Lipinski definition) is 4. The number of para-hydroxylation sites is 2. The molecule has 5 heteroatoms. The van der Waals surface area contributed by atoms with E-state index < -0.39 is 0 Å². The van der Waals surface area contributed by atoms with Gasteiger partial charge in [0.1, 0.15) is 6.61 Å². The van der Waals surface area contributed by atoms with E-state index in [0.29, 0.717) is 6.61 Å². The van der Waals surface area contributed by atoms with E-state index in [4.69, 9.17) is 21.1 Å². The molecule has 0 radical (unpaired) electrons. The highest BCUT2D eigenvalue weighted by Crippen LogP contribution is 2.25. The maximum atomic E-state index is 5.89. The SMILES string of the molecule is COc1ccccc1OCCNCCc1ccc(Cl)s1. The molecule has 0 aliphatic rings. The van der Waals surface area contributed by atoms with Crippen molar-refractivity contribution in [2.45, 2.75) is 6.42 Å². The number of thiophene rings is 1. The number of rotatable bonds is 8. The van der Waals surface area contributed by atoms with Crippen LogP contribution in [0.15, 0.2) is 36.4 Å². The van der Waals surface area contributed by atoms with Gasteiger partial charge in [0.15, 0.2) is 11.5 Å². The number of hydrogen-bond donors (Lipinski definition) is 1. The first-order valence-corrected chi connectivity index (χ1v) is 7.70. The Bertz CT molecular complexity index is 530. The first-order chi connectivity index (χ1) is 9.79. The Morgan fingerprint density at radius 3 is 2.60 bits per heavy atom. The van der Waals surface area contributed by atoms with Crippen LogP contribution >= 0.6 is 22.9 Å². The lowest BCUT2D eigenvalue weighted by atomic mass is 10.3. The molecular weight excluding hydrogens is 294 g/mol. The third-order valence-electron chi connectivity index (χ3n) is 2.78. The lowest BCUT2D eigenvalue weighted by Gasteiger charge is -2.10. The highest BCUT2D eigenvalue weighted by atomic mass is 35.5. The number of nitrogens with one attached hydrogen (secondary N) is 1. The van der Waals surface area contributed by atoms with Crippen LogP contribution in [0.1, 0.15) is 4.88 Å². The van der Waals surface area contributed by atoms with Crippen molar-refractivity contribution in [2.24, 2.45) is 0 Å². The van der Waals surface area contributed by atoms with Crippen LogP contribution in [-0.2, 0) is 6.42 Å². The Labute approximate surface area is 128 Å². The van der Waals surface area contributed by atoms with Crippen LogP contribution in [0.4, 0.5) is 0 Å². The summed E-state index contributed by atoms with van der Waals surface area (Å²) in [7, 11) is 1.65. The zero-order chi connectivity index (χ0) is 14.2. The minimum absolute atomic E-state index is 0.617. The van der Waals surface area contributed by atoms with E-state index in [0.717, 1.165) is 35.3 Å². The fourth-order valence-corrected chi connectivity index (χ4v) is 2.88. The number of benzene rings is 1. The van der Waals surface area contributed by atoms with Crippen molar-refractivity contribution in [3.63, 3.8) is 0 Å². The molecule has 0 saturated heterocycles. The van der Waals surface area contributed by atoms with Crippen molar-refractivity contribution in [2.75, 3.05) is 26.8 Å². The van der Waals surface area contributed by atoms with Gasteiger partial charge in [0.2, 0.25) is 0 Å². The molecule has 1 heterocycles. The van der Waals surface area contributed by atoms with Crippen LogP contribution in [0.5, 0.6) is 11.5 Å². The van der Waals surface area contributed by atoms with E-state index in [1.165, 1.54) is 4.88 Å². The standard InChI is InChI=1S/C15H18ClNO2S/c1-18-13-4-2-3-5-14(13)19-11-10-17-9-8-12-6-7-15(16)20-12/h2-7,17H,8-11H2,1H3. The second-order valence-corrected chi connectivity index (χ2v) is 6.00. The smallest absolute Gasteiger partial charge is 0.161 e. The second-order valence-electron chi connectivity index (χ2n) is 4.21. The third kappa shape index (κ3) is 4.71. The molecule has 0 fully saturated rings. The first-order valence-electron chi connectivity index (χ1n) is 6.50. The van der Waals surface area contributed by atoms with E-state index in [2.05, 4.69) is 11.4 Å². The van der Waals surface area contributed by atoms with Crippen molar-refractivity contribution >= 4 is 22.9 Å². The fourth-order valence-electron chi connectivity index (χ4n) is 1.79. The highest BCUT2D eigenvalue weighted by Gasteiger charge is 2.02. The predicted molar refractivity (Wildman–Crippen MR) is 84.4 cm³/mol. The molecule has 0 atom stereocenters. The van der Waals surface area contributed by atoms with Gasteiger partial charge in [0.05, 0.1) is 11.4 Å². The molecule has 2 rings (SSSR count). The summed E-state index contributed by atoms with van der Waals surface area (Å²) < 4.78 is 11.8. The van der Waals surface area contributed by atoms with Gasteiger partial charge in [-0.2, -0.15) is 0 Å². The monoisotopic (exact) mass is 311 g/mol. The average Bonchev–Trinajstić information content (AvgIpc) is 2.88. The van der Waals surface area contributed by atoms with Gasteiger partial charge in [0.25, 0.3) is 0 Å². The average molecular weight is 312 g/mol. The summed E-state index contributed by atoms with van der Waals surface area (Å²) in [5.74, 6) is 1.54. The van der Waals surface area contributed by atoms with Gasteiger partial charge in [-0.15, -0.1) is 11.3 Å². The molecule has 0 spiro atoms. The van der Waals surface area contributed by atoms with Gasteiger partial charge in [-0.3, -0.25) is 0 Å². The Hall–Kier alpha value is -1.23. The summed E-state index contributed by atoms with van der Waals surface area (Å²) in [5, 5.41) is 3.35. The zero-order valence-corrected chi connectivity index (χ0v) is 13.0. The van der Waals surface area contributed by atoms with E-state index in [1.807, 2.05) is 30.3 Å². The fraction of sp³-hybridized carbons (Fsp3) is 0.333. The molecule has 0 saturated carbocycles. The van der Waals surface area contributed by atoms with E-state index >= 15 is 0 Å². The van der Waals surface area contributed by atoms with Gasteiger partial charge in [0, 0.05) is 18.0 Å².